The van der Waals surface area contributed by atoms with Crippen LogP contribution in [0, 0.1) is 0 Å². The first-order chi connectivity index (χ1) is 8.81. The number of likely N-dealkylation sites (N-methyl/N-ethyl adjacent to an activating group) is 1. The number of carbonyl (C=O) groups excluding carboxylic acids is 1. The molecule has 18 heavy (non-hydrogen) atoms. The summed E-state index contributed by atoms with van der Waals surface area (Å²) in [6.07, 6.45) is 2.30. The van der Waals surface area contributed by atoms with Gasteiger partial charge in [0, 0.05) is 11.6 Å². The Hall–Kier alpha value is -1.19. The molecular weight excluding hydrogens is 224 g/mol. The Morgan fingerprint density at radius 1 is 1.28 bits per heavy atom. The van der Waals surface area contributed by atoms with Crippen molar-refractivity contribution in [2.24, 2.45) is 0 Å². The van der Waals surface area contributed by atoms with E-state index in [1.165, 1.54) is 0 Å². The Morgan fingerprint density at radius 3 is 2.56 bits per heavy atom. The van der Waals surface area contributed by atoms with E-state index in [9.17, 15) is 4.79 Å². The Labute approximate surface area is 109 Å². The second-order valence-corrected chi connectivity index (χ2v) is 4.83. The molecule has 3 heteroatoms. The Bertz CT molecular complexity index is 371. The molecule has 0 aromatic heterocycles. The molecule has 0 aliphatic carbocycles. The third-order valence-corrected chi connectivity index (χ3v) is 3.67. The minimum absolute atomic E-state index is 0.232. The maximum atomic E-state index is 12.2. The average molecular weight is 246 g/mol. The topological polar surface area (TPSA) is 32.3 Å². The molecule has 0 atom stereocenters. The molecule has 1 saturated heterocycles. The molecule has 0 spiro atoms. The molecule has 1 N–H and O–H groups in total. The molecule has 98 valence electrons. The first-order valence-electron chi connectivity index (χ1n) is 6.84. The highest BCUT2D eigenvalue weighted by atomic mass is 16.1. The van der Waals surface area contributed by atoms with Crippen molar-refractivity contribution in [3.05, 3.63) is 35.9 Å². The standard InChI is InChI=1S/C15H22N2O/c1-2-17(14-8-10-16-11-9-14)12-15(18)13-6-4-3-5-7-13/h3-7,14,16H,2,8-12H2,1H3. The lowest BCUT2D eigenvalue weighted by Crippen LogP contribution is -2.45. The average Bonchev–Trinajstić information content (AvgIpc) is 2.46. The van der Waals surface area contributed by atoms with Gasteiger partial charge in [0.1, 0.15) is 0 Å². The minimum Gasteiger partial charge on any atom is -0.317 e. The van der Waals surface area contributed by atoms with Crippen molar-refractivity contribution in [2.75, 3.05) is 26.2 Å². The highest BCUT2D eigenvalue weighted by Crippen LogP contribution is 2.12. The Kier molecular flexibility index (Phi) is 4.90. The molecule has 0 amide bonds. The Balaban J connectivity index is 1.95. The van der Waals surface area contributed by atoms with Crippen molar-refractivity contribution in [3.8, 4) is 0 Å². The fourth-order valence-corrected chi connectivity index (χ4v) is 2.57. The summed E-state index contributed by atoms with van der Waals surface area (Å²) in [5.41, 5.74) is 0.824. The second kappa shape index (κ2) is 6.66. The van der Waals surface area contributed by atoms with Crippen molar-refractivity contribution in [1.82, 2.24) is 10.2 Å². The van der Waals surface area contributed by atoms with E-state index in [-0.39, 0.29) is 5.78 Å². The van der Waals surface area contributed by atoms with Gasteiger partial charge in [-0.05, 0) is 32.5 Å². The van der Waals surface area contributed by atoms with Crippen LogP contribution in [0.1, 0.15) is 30.1 Å². The lowest BCUT2D eigenvalue weighted by molar-refractivity contribution is 0.0874. The van der Waals surface area contributed by atoms with E-state index < -0.39 is 0 Å². The van der Waals surface area contributed by atoms with Gasteiger partial charge < -0.3 is 5.32 Å². The van der Waals surface area contributed by atoms with Gasteiger partial charge in [0.2, 0.25) is 0 Å². The number of hydrogen-bond acceptors (Lipinski definition) is 3. The van der Waals surface area contributed by atoms with Crippen LogP contribution in [-0.2, 0) is 0 Å². The number of benzene rings is 1. The van der Waals surface area contributed by atoms with Crippen LogP contribution in [-0.4, -0.2) is 42.9 Å². The summed E-state index contributed by atoms with van der Waals surface area (Å²) in [6.45, 7) is 5.77. The van der Waals surface area contributed by atoms with Gasteiger partial charge in [-0.3, -0.25) is 9.69 Å². The molecule has 0 unspecified atom stereocenters. The van der Waals surface area contributed by atoms with Crippen LogP contribution in [0.15, 0.2) is 30.3 Å². The quantitative estimate of drug-likeness (QED) is 0.806. The molecule has 1 aromatic carbocycles. The number of nitrogens with zero attached hydrogens (tertiary/aromatic N) is 1. The lowest BCUT2D eigenvalue weighted by Gasteiger charge is -2.33. The lowest BCUT2D eigenvalue weighted by atomic mass is 10.0. The predicted molar refractivity (Wildman–Crippen MR) is 73.9 cm³/mol. The number of hydrogen-bond donors (Lipinski definition) is 1. The van der Waals surface area contributed by atoms with Crippen molar-refractivity contribution < 1.29 is 4.79 Å². The molecule has 0 radical (unpaired) electrons. The SMILES string of the molecule is CCN(CC(=O)c1ccccc1)C1CCNCC1. The monoisotopic (exact) mass is 246 g/mol. The van der Waals surface area contributed by atoms with Gasteiger partial charge in [-0.25, -0.2) is 0 Å². The number of ketones is 1. The van der Waals surface area contributed by atoms with E-state index in [0.29, 0.717) is 12.6 Å². The van der Waals surface area contributed by atoms with E-state index >= 15 is 0 Å². The summed E-state index contributed by atoms with van der Waals surface area (Å²) in [5.74, 6) is 0.232. The third kappa shape index (κ3) is 3.40. The number of piperidine rings is 1. The number of rotatable bonds is 5. The summed E-state index contributed by atoms with van der Waals surface area (Å²) in [6, 6.07) is 10.2. The van der Waals surface area contributed by atoms with Crippen molar-refractivity contribution in [1.29, 1.82) is 0 Å². The van der Waals surface area contributed by atoms with Gasteiger partial charge in [0.15, 0.2) is 5.78 Å². The molecule has 2 rings (SSSR count). The molecule has 1 fully saturated rings. The zero-order valence-corrected chi connectivity index (χ0v) is 11.1. The van der Waals surface area contributed by atoms with Gasteiger partial charge in [-0.15, -0.1) is 0 Å². The van der Waals surface area contributed by atoms with Gasteiger partial charge in [0.05, 0.1) is 6.54 Å². The minimum atomic E-state index is 0.232. The van der Waals surface area contributed by atoms with E-state index in [2.05, 4.69) is 17.1 Å². The first kappa shape index (κ1) is 13.2. The third-order valence-electron chi connectivity index (χ3n) is 3.67. The summed E-state index contributed by atoms with van der Waals surface area (Å²) in [4.78, 5) is 14.5. The summed E-state index contributed by atoms with van der Waals surface area (Å²) in [5, 5.41) is 3.37. The summed E-state index contributed by atoms with van der Waals surface area (Å²) >= 11 is 0. The highest BCUT2D eigenvalue weighted by molar-refractivity contribution is 5.97. The largest absolute Gasteiger partial charge is 0.317 e. The highest BCUT2D eigenvalue weighted by Gasteiger charge is 2.21. The van der Waals surface area contributed by atoms with E-state index in [1.807, 2.05) is 30.3 Å². The van der Waals surface area contributed by atoms with Gasteiger partial charge in [0.25, 0.3) is 0 Å². The molecule has 3 nitrogen and oxygen atoms in total. The van der Waals surface area contributed by atoms with Crippen LogP contribution in [0.5, 0.6) is 0 Å². The van der Waals surface area contributed by atoms with Crippen LogP contribution >= 0.6 is 0 Å². The van der Waals surface area contributed by atoms with Crippen LogP contribution < -0.4 is 5.32 Å². The van der Waals surface area contributed by atoms with Gasteiger partial charge >= 0.3 is 0 Å². The van der Waals surface area contributed by atoms with Crippen LogP contribution in [0.4, 0.5) is 0 Å². The fourth-order valence-electron chi connectivity index (χ4n) is 2.57. The molecule has 1 aliphatic rings. The fraction of sp³-hybridized carbons (Fsp3) is 0.533. The van der Waals surface area contributed by atoms with Crippen molar-refractivity contribution >= 4 is 5.78 Å². The smallest absolute Gasteiger partial charge is 0.176 e. The molecule has 1 aliphatic heterocycles. The summed E-state index contributed by atoms with van der Waals surface area (Å²) in [7, 11) is 0. The maximum absolute atomic E-state index is 12.2. The van der Waals surface area contributed by atoms with E-state index in [0.717, 1.165) is 38.0 Å². The molecule has 1 heterocycles. The van der Waals surface area contributed by atoms with Crippen molar-refractivity contribution in [3.63, 3.8) is 0 Å². The van der Waals surface area contributed by atoms with E-state index in [4.69, 9.17) is 0 Å². The maximum Gasteiger partial charge on any atom is 0.176 e. The molecule has 1 aromatic rings. The first-order valence-corrected chi connectivity index (χ1v) is 6.84. The number of Topliss-reactive ketones (excluding diaryl/α,β-unsaturated/α-hetero) is 1. The van der Waals surface area contributed by atoms with Crippen LogP contribution in [0.2, 0.25) is 0 Å². The van der Waals surface area contributed by atoms with Crippen LogP contribution in [0.25, 0.3) is 0 Å². The molecular formula is C15H22N2O. The van der Waals surface area contributed by atoms with Gasteiger partial charge in [-0.2, -0.15) is 0 Å². The van der Waals surface area contributed by atoms with Crippen LogP contribution in [0.3, 0.4) is 0 Å². The van der Waals surface area contributed by atoms with Crippen molar-refractivity contribution in [2.45, 2.75) is 25.8 Å². The van der Waals surface area contributed by atoms with Gasteiger partial charge in [-0.1, -0.05) is 37.3 Å². The van der Waals surface area contributed by atoms with E-state index in [1.54, 1.807) is 0 Å². The molecule has 0 bridgehead atoms. The normalized spacial score (nSPS) is 17.0. The second-order valence-electron chi connectivity index (χ2n) is 4.83. The number of nitrogens with one attached hydrogen (secondary N) is 1. The zero-order chi connectivity index (χ0) is 12.8. The summed E-state index contributed by atoms with van der Waals surface area (Å²) < 4.78 is 0. The molecule has 0 saturated carbocycles. The number of carbonyl (C=O) groups is 1. The zero-order valence-electron chi connectivity index (χ0n) is 11.1. The predicted octanol–water partition coefficient (Wildman–Crippen LogP) is 1.94. The Morgan fingerprint density at radius 2 is 1.94 bits per heavy atom.